The minimum atomic E-state index is 0.127. The van der Waals surface area contributed by atoms with Crippen molar-refractivity contribution in [1.82, 2.24) is 0 Å². The lowest BCUT2D eigenvalue weighted by Crippen LogP contribution is -2.40. The first-order valence-corrected chi connectivity index (χ1v) is 6.32. The summed E-state index contributed by atoms with van der Waals surface area (Å²) in [4.78, 5) is 2.20. The number of nitrogens with two attached hydrogens (primary N) is 1. The van der Waals surface area contributed by atoms with Crippen LogP contribution in [0, 0.1) is 17.7 Å². The molecule has 1 aromatic carbocycles. The van der Waals surface area contributed by atoms with E-state index in [2.05, 4.69) is 45.7 Å². The first-order valence-electron chi connectivity index (χ1n) is 6.32. The number of rotatable bonds is 3. The fourth-order valence-electron chi connectivity index (χ4n) is 1.96. The molecule has 0 fully saturated rings. The summed E-state index contributed by atoms with van der Waals surface area (Å²) in [6.45, 7) is 10.9. The molecule has 3 heteroatoms. The van der Waals surface area contributed by atoms with Crippen LogP contribution in [0.4, 0.5) is 5.69 Å². The molecule has 0 bridgehead atoms. The van der Waals surface area contributed by atoms with Crippen molar-refractivity contribution in [2.45, 2.75) is 40.7 Å². The number of nitrogens with one attached hydrogen (secondary N) is 1. The lowest BCUT2D eigenvalue weighted by Gasteiger charge is -2.37. The molecule has 0 spiro atoms. The van der Waals surface area contributed by atoms with Gasteiger partial charge < -0.3 is 10.6 Å². The lowest BCUT2D eigenvalue weighted by molar-refractivity contribution is 0.329. The number of benzene rings is 1. The number of hydrogen-bond donors (Lipinski definition) is 2. The Morgan fingerprint density at radius 2 is 1.89 bits per heavy atom. The molecule has 18 heavy (non-hydrogen) atoms. The van der Waals surface area contributed by atoms with E-state index in [9.17, 15) is 0 Å². The maximum atomic E-state index is 7.71. The van der Waals surface area contributed by atoms with Gasteiger partial charge in [0.05, 0.1) is 0 Å². The first kappa shape index (κ1) is 14.6. The van der Waals surface area contributed by atoms with E-state index in [0.29, 0.717) is 6.04 Å². The summed E-state index contributed by atoms with van der Waals surface area (Å²) in [5.41, 5.74) is 8.82. The quantitative estimate of drug-likeness (QED) is 0.637. The highest BCUT2D eigenvalue weighted by Crippen LogP contribution is 2.29. The van der Waals surface area contributed by atoms with Crippen LogP contribution in [-0.2, 0) is 0 Å². The molecule has 1 atom stereocenters. The number of aryl methyl sites for hydroxylation is 1. The van der Waals surface area contributed by atoms with E-state index in [1.54, 1.807) is 0 Å². The summed E-state index contributed by atoms with van der Waals surface area (Å²) in [7, 11) is 2.06. The fraction of sp³-hybridized carbons (Fsp3) is 0.533. The van der Waals surface area contributed by atoms with Gasteiger partial charge in [-0.15, -0.1) is 0 Å². The van der Waals surface area contributed by atoms with Gasteiger partial charge in [-0.25, -0.2) is 0 Å². The second-order valence-electron chi connectivity index (χ2n) is 6.09. The molecule has 100 valence electrons. The minimum absolute atomic E-state index is 0.127. The molecule has 3 nitrogen and oxygen atoms in total. The monoisotopic (exact) mass is 247 g/mol. The van der Waals surface area contributed by atoms with Gasteiger partial charge in [-0.1, -0.05) is 32.4 Å². The maximum Gasteiger partial charge on any atom is 0.124 e. The van der Waals surface area contributed by atoms with Crippen molar-refractivity contribution in [2.24, 2.45) is 11.1 Å². The van der Waals surface area contributed by atoms with Gasteiger partial charge in [0.25, 0.3) is 0 Å². The Morgan fingerprint density at radius 1 is 1.33 bits per heavy atom. The largest absolute Gasteiger partial charge is 0.384 e. The van der Waals surface area contributed by atoms with Gasteiger partial charge in [0.1, 0.15) is 5.84 Å². The Hall–Kier alpha value is -1.51. The molecule has 0 aliphatic heterocycles. The lowest BCUT2D eigenvalue weighted by atomic mass is 9.86. The molecule has 3 N–H and O–H groups in total. The van der Waals surface area contributed by atoms with Crippen molar-refractivity contribution in [2.75, 3.05) is 11.9 Å². The van der Waals surface area contributed by atoms with Gasteiger partial charge in [0, 0.05) is 24.3 Å². The Morgan fingerprint density at radius 3 is 2.33 bits per heavy atom. The average molecular weight is 247 g/mol. The van der Waals surface area contributed by atoms with Crippen LogP contribution >= 0.6 is 0 Å². The van der Waals surface area contributed by atoms with Gasteiger partial charge >= 0.3 is 0 Å². The summed E-state index contributed by atoms with van der Waals surface area (Å²) in [6.07, 6.45) is 0. The average Bonchev–Trinajstić information content (AvgIpc) is 2.25. The highest BCUT2D eigenvalue weighted by Gasteiger charge is 2.25. The van der Waals surface area contributed by atoms with Gasteiger partial charge in [-0.2, -0.15) is 0 Å². The van der Waals surface area contributed by atoms with Crippen molar-refractivity contribution < 1.29 is 0 Å². The number of anilines is 1. The predicted molar refractivity (Wildman–Crippen MR) is 79.5 cm³/mol. The first-order chi connectivity index (χ1) is 8.14. The van der Waals surface area contributed by atoms with Crippen molar-refractivity contribution in [3.63, 3.8) is 0 Å². The Bertz CT molecular complexity index is 444. The standard InChI is InChI=1S/C15H25N3/c1-10-7-8-13(12(9-10)14(16)17)18(6)11(2)15(3,4)5/h7-9,11H,1-6H3,(H3,16,17). The number of amidine groups is 1. The van der Waals surface area contributed by atoms with Crippen molar-refractivity contribution in [1.29, 1.82) is 5.41 Å². The molecule has 0 heterocycles. The predicted octanol–water partition coefficient (Wildman–Crippen LogP) is 3.15. The summed E-state index contributed by atoms with van der Waals surface area (Å²) in [5.74, 6) is 0.127. The van der Waals surface area contributed by atoms with Crippen LogP contribution in [0.15, 0.2) is 18.2 Å². The molecule has 0 amide bonds. The van der Waals surface area contributed by atoms with Crippen molar-refractivity contribution in [3.8, 4) is 0 Å². The second-order valence-corrected chi connectivity index (χ2v) is 6.09. The van der Waals surface area contributed by atoms with E-state index in [1.165, 1.54) is 0 Å². The normalized spacial score (nSPS) is 13.2. The highest BCUT2D eigenvalue weighted by atomic mass is 15.1. The van der Waals surface area contributed by atoms with Crippen LogP contribution in [0.3, 0.4) is 0 Å². The zero-order valence-corrected chi connectivity index (χ0v) is 12.3. The van der Waals surface area contributed by atoms with Gasteiger partial charge in [-0.05, 0) is 31.4 Å². The van der Waals surface area contributed by atoms with E-state index in [4.69, 9.17) is 11.1 Å². The summed E-state index contributed by atoms with van der Waals surface area (Å²) in [5, 5.41) is 7.71. The van der Waals surface area contributed by atoms with Crippen LogP contribution in [0.5, 0.6) is 0 Å². The third kappa shape index (κ3) is 3.03. The van der Waals surface area contributed by atoms with Crippen LogP contribution in [0.25, 0.3) is 0 Å². The Balaban J connectivity index is 3.21. The van der Waals surface area contributed by atoms with E-state index in [1.807, 2.05) is 19.1 Å². The molecule has 0 saturated heterocycles. The number of hydrogen-bond acceptors (Lipinski definition) is 2. The van der Waals surface area contributed by atoms with Crippen molar-refractivity contribution >= 4 is 11.5 Å². The van der Waals surface area contributed by atoms with Gasteiger partial charge in [0.2, 0.25) is 0 Å². The van der Waals surface area contributed by atoms with Gasteiger partial charge in [0.15, 0.2) is 0 Å². The minimum Gasteiger partial charge on any atom is -0.384 e. The topological polar surface area (TPSA) is 53.1 Å². The summed E-state index contributed by atoms with van der Waals surface area (Å²) >= 11 is 0. The summed E-state index contributed by atoms with van der Waals surface area (Å²) < 4.78 is 0. The second kappa shape index (κ2) is 5.01. The molecule has 0 aliphatic carbocycles. The zero-order valence-electron chi connectivity index (χ0n) is 12.3. The highest BCUT2D eigenvalue weighted by molar-refractivity contribution is 6.00. The van der Waals surface area contributed by atoms with Crippen LogP contribution in [0.1, 0.15) is 38.8 Å². The molecular weight excluding hydrogens is 222 g/mol. The Labute approximate surface area is 111 Å². The zero-order chi connectivity index (χ0) is 14.1. The SMILES string of the molecule is Cc1ccc(N(C)C(C)C(C)(C)C)c(C(=N)N)c1. The molecule has 0 aromatic heterocycles. The van der Waals surface area contributed by atoms with E-state index < -0.39 is 0 Å². The molecule has 1 unspecified atom stereocenters. The van der Waals surface area contributed by atoms with Crippen LogP contribution < -0.4 is 10.6 Å². The molecular formula is C15H25N3. The van der Waals surface area contributed by atoms with Crippen LogP contribution in [-0.4, -0.2) is 18.9 Å². The van der Waals surface area contributed by atoms with E-state index in [-0.39, 0.29) is 11.3 Å². The molecule has 0 saturated carbocycles. The number of nitrogen functional groups attached to an aromatic ring is 1. The van der Waals surface area contributed by atoms with Crippen molar-refractivity contribution in [3.05, 3.63) is 29.3 Å². The number of nitrogens with zero attached hydrogens (tertiary/aromatic N) is 1. The third-order valence-electron chi connectivity index (χ3n) is 3.66. The smallest absolute Gasteiger partial charge is 0.124 e. The maximum absolute atomic E-state index is 7.71. The van der Waals surface area contributed by atoms with E-state index in [0.717, 1.165) is 16.8 Å². The van der Waals surface area contributed by atoms with Crippen LogP contribution in [0.2, 0.25) is 0 Å². The summed E-state index contributed by atoms with van der Waals surface area (Å²) in [6, 6.07) is 6.45. The van der Waals surface area contributed by atoms with E-state index >= 15 is 0 Å². The third-order valence-corrected chi connectivity index (χ3v) is 3.66. The molecule has 0 radical (unpaired) electrons. The fourth-order valence-corrected chi connectivity index (χ4v) is 1.96. The molecule has 0 aliphatic rings. The molecule has 1 aromatic rings. The molecule has 1 rings (SSSR count). The van der Waals surface area contributed by atoms with Gasteiger partial charge in [-0.3, -0.25) is 5.41 Å². The Kier molecular flexibility index (Phi) is 4.05.